The number of hydrogen-bond donors (Lipinski definition) is 1. The standard InChI is InChI=1S/C31H28BrN3O6S/c1-17-27(29(36)34-19-9-7-6-8-10-19)28(21-12-11-20(38-2)15-24(21)40-4)35-30(37)26(42-31(35)33-17)14-18-13-22(32)25(41-5)16-23(18)39-3/h6-16,28H,1-5H3,(H,34,36)/b26-14-/t28-/m1/s1. The highest BCUT2D eigenvalue weighted by molar-refractivity contribution is 9.10. The zero-order valence-electron chi connectivity index (χ0n) is 23.6. The molecule has 0 fully saturated rings. The Hall–Kier alpha value is -4.35. The van der Waals surface area contributed by atoms with Crippen LogP contribution in [0.5, 0.6) is 23.0 Å². The van der Waals surface area contributed by atoms with Crippen LogP contribution in [0.25, 0.3) is 6.08 Å². The van der Waals surface area contributed by atoms with Crippen LogP contribution >= 0.6 is 27.3 Å². The van der Waals surface area contributed by atoms with Gasteiger partial charge in [0.1, 0.15) is 29.0 Å². The number of thiazole rings is 1. The van der Waals surface area contributed by atoms with Crippen molar-refractivity contribution in [1.82, 2.24) is 4.57 Å². The lowest BCUT2D eigenvalue weighted by Gasteiger charge is -2.26. The van der Waals surface area contributed by atoms with Gasteiger partial charge in [0.25, 0.3) is 11.5 Å². The van der Waals surface area contributed by atoms with Gasteiger partial charge >= 0.3 is 0 Å². The number of benzene rings is 3. The maximum atomic E-state index is 14.2. The van der Waals surface area contributed by atoms with Crippen molar-refractivity contribution >= 4 is 44.9 Å². The summed E-state index contributed by atoms with van der Waals surface area (Å²) in [6, 6.07) is 17.2. The Morgan fingerprint density at radius 1 is 0.952 bits per heavy atom. The number of nitrogens with zero attached hydrogens (tertiary/aromatic N) is 2. The van der Waals surface area contributed by atoms with Gasteiger partial charge in [-0.05, 0) is 59.3 Å². The van der Waals surface area contributed by atoms with Gasteiger partial charge < -0.3 is 24.3 Å². The third-order valence-corrected chi connectivity index (χ3v) is 8.43. The number of halogens is 1. The summed E-state index contributed by atoms with van der Waals surface area (Å²) in [5.41, 5.74) is 2.41. The monoisotopic (exact) mass is 649 g/mol. The van der Waals surface area contributed by atoms with Gasteiger partial charge in [0, 0.05) is 28.9 Å². The molecule has 2 heterocycles. The van der Waals surface area contributed by atoms with E-state index in [-0.39, 0.29) is 11.5 Å². The smallest absolute Gasteiger partial charge is 0.271 e. The van der Waals surface area contributed by atoms with E-state index in [1.165, 1.54) is 18.4 Å². The first-order valence-electron chi connectivity index (χ1n) is 12.8. The van der Waals surface area contributed by atoms with Crippen molar-refractivity contribution in [2.24, 2.45) is 4.99 Å². The second kappa shape index (κ2) is 12.3. The van der Waals surface area contributed by atoms with Crippen molar-refractivity contribution in [2.45, 2.75) is 13.0 Å². The predicted molar refractivity (Wildman–Crippen MR) is 166 cm³/mol. The molecule has 11 heteroatoms. The molecule has 5 rings (SSSR count). The van der Waals surface area contributed by atoms with Crippen LogP contribution in [0.15, 0.2) is 86.2 Å². The molecule has 0 saturated heterocycles. The minimum absolute atomic E-state index is 0.312. The highest BCUT2D eigenvalue weighted by Crippen LogP contribution is 2.38. The fourth-order valence-electron chi connectivity index (χ4n) is 4.81. The number of carbonyl (C=O) groups is 1. The summed E-state index contributed by atoms with van der Waals surface area (Å²) in [5.74, 6) is 1.81. The summed E-state index contributed by atoms with van der Waals surface area (Å²) in [4.78, 5) is 33.2. The normalized spacial score (nSPS) is 14.6. The minimum atomic E-state index is -0.822. The van der Waals surface area contributed by atoms with Crippen molar-refractivity contribution in [3.05, 3.63) is 107 Å². The van der Waals surface area contributed by atoms with Gasteiger partial charge in [-0.25, -0.2) is 4.99 Å². The van der Waals surface area contributed by atoms with Crippen LogP contribution in [0, 0.1) is 0 Å². The maximum absolute atomic E-state index is 14.2. The van der Waals surface area contributed by atoms with Crippen LogP contribution in [0.1, 0.15) is 24.1 Å². The molecular formula is C31H28BrN3O6S. The van der Waals surface area contributed by atoms with Crippen LogP contribution in [-0.2, 0) is 4.79 Å². The van der Waals surface area contributed by atoms with Gasteiger partial charge in [-0.1, -0.05) is 29.5 Å². The SMILES string of the molecule is COc1ccc([C@@H]2C(C(=O)Nc3ccccc3)=C(C)N=c3s/c(=C\c4cc(Br)c(OC)cc4OC)c(=O)n32)c(OC)c1. The number of aromatic nitrogens is 1. The molecule has 0 unspecified atom stereocenters. The topological polar surface area (TPSA) is 100 Å². The molecule has 9 nitrogen and oxygen atoms in total. The Bertz CT molecular complexity index is 1880. The second-order valence-electron chi connectivity index (χ2n) is 9.24. The van der Waals surface area contributed by atoms with Gasteiger partial charge in [0.2, 0.25) is 0 Å². The molecule has 1 atom stereocenters. The van der Waals surface area contributed by atoms with Crippen molar-refractivity contribution in [3.8, 4) is 23.0 Å². The molecular weight excluding hydrogens is 622 g/mol. The molecule has 216 valence electrons. The van der Waals surface area contributed by atoms with E-state index in [0.717, 1.165) is 0 Å². The van der Waals surface area contributed by atoms with Crippen LogP contribution in [0.3, 0.4) is 0 Å². The molecule has 1 aliphatic rings. The highest BCUT2D eigenvalue weighted by Gasteiger charge is 2.34. The van der Waals surface area contributed by atoms with Crippen LogP contribution < -0.4 is 39.2 Å². The molecule has 0 saturated carbocycles. The number of nitrogens with one attached hydrogen (secondary N) is 1. The number of rotatable bonds is 8. The third-order valence-electron chi connectivity index (χ3n) is 6.82. The number of ether oxygens (including phenoxy) is 4. The largest absolute Gasteiger partial charge is 0.497 e. The summed E-state index contributed by atoms with van der Waals surface area (Å²) in [5, 5.41) is 2.96. The van der Waals surface area contributed by atoms with Crippen molar-refractivity contribution in [1.29, 1.82) is 0 Å². The predicted octanol–water partition coefficient (Wildman–Crippen LogP) is 4.67. The van der Waals surface area contributed by atoms with E-state index in [0.29, 0.717) is 64.9 Å². The molecule has 0 spiro atoms. The van der Waals surface area contributed by atoms with Gasteiger partial charge in [-0.15, -0.1) is 0 Å². The summed E-state index contributed by atoms with van der Waals surface area (Å²) in [6.07, 6.45) is 1.75. The Balaban J connectivity index is 1.73. The van der Waals surface area contributed by atoms with Crippen molar-refractivity contribution < 1.29 is 23.7 Å². The Kier molecular flexibility index (Phi) is 8.51. The zero-order valence-corrected chi connectivity index (χ0v) is 26.0. The number of fused-ring (bicyclic) bond motifs is 1. The molecule has 0 aliphatic carbocycles. The lowest BCUT2D eigenvalue weighted by Crippen LogP contribution is -2.40. The van der Waals surface area contributed by atoms with E-state index in [9.17, 15) is 9.59 Å². The van der Waals surface area contributed by atoms with E-state index >= 15 is 0 Å². The first-order valence-corrected chi connectivity index (χ1v) is 14.4. The van der Waals surface area contributed by atoms with Gasteiger partial charge in [0.15, 0.2) is 4.80 Å². The molecule has 3 aromatic carbocycles. The lowest BCUT2D eigenvalue weighted by molar-refractivity contribution is -0.113. The fraction of sp³-hybridized carbons (Fsp3) is 0.194. The Morgan fingerprint density at radius 3 is 2.33 bits per heavy atom. The Labute approximate surface area is 254 Å². The Morgan fingerprint density at radius 2 is 1.67 bits per heavy atom. The molecule has 0 radical (unpaired) electrons. The van der Waals surface area contributed by atoms with Crippen LogP contribution in [0.4, 0.5) is 5.69 Å². The quantitative estimate of drug-likeness (QED) is 0.298. The van der Waals surface area contributed by atoms with Crippen LogP contribution in [0.2, 0.25) is 0 Å². The number of allylic oxidation sites excluding steroid dienone is 1. The average Bonchev–Trinajstić information content (AvgIpc) is 3.30. The minimum Gasteiger partial charge on any atom is -0.497 e. The first-order chi connectivity index (χ1) is 20.3. The van der Waals surface area contributed by atoms with Crippen LogP contribution in [-0.4, -0.2) is 38.9 Å². The molecule has 1 aliphatic heterocycles. The van der Waals surface area contributed by atoms with Gasteiger partial charge in [-0.3, -0.25) is 14.2 Å². The van der Waals surface area contributed by atoms with E-state index in [1.54, 1.807) is 75.3 Å². The number of para-hydroxylation sites is 1. The molecule has 4 aromatic rings. The molecule has 1 N–H and O–H groups in total. The summed E-state index contributed by atoms with van der Waals surface area (Å²) < 4.78 is 24.8. The third kappa shape index (κ3) is 5.45. The fourth-order valence-corrected chi connectivity index (χ4v) is 6.37. The summed E-state index contributed by atoms with van der Waals surface area (Å²) in [6.45, 7) is 1.77. The molecule has 0 bridgehead atoms. The summed E-state index contributed by atoms with van der Waals surface area (Å²) >= 11 is 4.74. The van der Waals surface area contributed by atoms with Gasteiger partial charge in [0.05, 0.1) is 48.7 Å². The lowest BCUT2D eigenvalue weighted by atomic mass is 9.94. The molecule has 42 heavy (non-hydrogen) atoms. The number of anilines is 1. The molecule has 1 aromatic heterocycles. The number of hydrogen-bond acceptors (Lipinski definition) is 8. The van der Waals surface area contributed by atoms with Crippen molar-refractivity contribution in [2.75, 3.05) is 33.8 Å². The van der Waals surface area contributed by atoms with E-state index < -0.39 is 6.04 Å². The molecule has 1 amide bonds. The summed E-state index contributed by atoms with van der Waals surface area (Å²) in [7, 11) is 6.22. The van der Waals surface area contributed by atoms with E-state index in [2.05, 4.69) is 21.2 Å². The van der Waals surface area contributed by atoms with E-state index in [1.807, 2.05) is 24.3 Å². The number of methoxy groups -OCH3 is 4. The van der Waals surface area contributed by atoms with Gasteiger partial charge in [-0.2, -0.15) is 0 Å². The highest BCUT2D eigenvalue weighted by atomic mass is 79.9. The van der Waals surface area contributed by atoms with E-state index in [4.69, 9.17) is 23.9 Å². The average molecular weight is 651 g/mol. The number of amides is 1. The zero-order chi connectivity index (χ0) is 30.0. The maximum Gasteiger partial charge on any atom is 0.271 e. The second-order valence-corrected chi connectivity index (χ2v) is 11.1. The first kappa shape index (κ1) is 29.2. The van der Waals surface area contributed by atoms with Crippen molar-refractivity contribution in [3.63, 3.8) is 0 Å². The number of carbonyl (C=O) groups excluding carboxylic acids is 1.